The van der Waals surface area contributed by atoms with E-state index in [1.54, 1.807) is 6.26 Å². The summed E-state index contributed by atoms with van der Waals surface area (Å²) in [5.74, 6) is 3.62. The summed E-state index contributed by atoms with van der Waals surface area (Å²) in [4.78, 5) is 2.20. The lowest BCUT2D eigenvalue weighted by atomic mass is 10.2. The van der Waals surface area contributed by atoms with E-state index in [4.69, 9.17) is 8.83 Å². The van der Waals surface area contributed by atoms with E-state index in [0.29, 0.717) is 5.92 Å². The molecule has 4 heteroatoms. The highest BCUT2D eigenvalue weighted by atomic mass is 16.3. The van der Waals surface area contributed by atoms with Crippen LogP contribution in [0.25, 0.3) is 0 Å². The van der Waals surface area contributed by atoms with Crippen molar-refractivity contribution in [1.29, 1.82) is 0 Å². The zero-order valence-electron chi connectivity index (χ0n) is 13.5. The molecule has 4 nitrogen and oxygen atoms in total. The van der Waals surface area contributed by atoms with Crippen molar-refractivity contribution >= 4 is 0 Å². The Kier molecular flexibility index (Phi) is 5.65. The summed E-state index contributed by atoms with van der Waals surface area (Å²) in [5.41, 5.74) is 1.23. The molecule has 2 heterocycles. The summed E-state index contributed by atoms with van der Waals surface area (Å²) in [6, 6.07) is 6.07. The molecule has 0 aliphatic carbocycles. The maximum atomic E-state index is 5.62. The fraction of sp³-hybridized carbons (Fsp3) is 0.529. The van der Waals surface area contributed by atoms with Crippen molar-refractivity contribution in [2.75, 3.05) is 13.6 Å². The van der Waals surface area contributed by atoms with E-state index < -0.39 is 0 Å². The molecule has 0 saturated carbocycles. The topological polar surface area (TPSA) is 41.6 Å². The predicted octanol–water partition coefficient (Wildman–Crippen LogP) is 3.56. The van der Waals surface area contributed by atoms with Crippen LogP contribution in [0.5, 0.6) is 0 Å². The standard InChI is InChI=1S/C17H26N2O2/c1-13(2)9-18-10-15-7-8-20-17(15)12-19(4)11-16-6-5-14(3)21-16/h5-8,13,18H,9-12H2,1-4H3. The largest absolute Gasteiger partial charge is 0.468 e. The molecule has 0 amide bonds. The van der Waals surface area contributed by atoms with Crippen LogP contribution in [0.2, 0.25) is 0 Å². The highest BCUT2D eigenvalue weighted by Gasteiger charge is 2.11. The maximum Gasteiger partial charge on any atom is 0.122 e. The number of rotatable bonds is 8. The Labute approximate surface area is 127 Å². The van der Waals surface area contributed by atoms with Crippen molar-refractivity contribution in [2.45, 2.75) is 40.4 Å². The van der Waals surface area contributed by atoms with E-state index in [-0.39, 0.29) is 0 Å². The molecule has 0 atom stereocenters. The average molecular weight is 290 g/mol. The van der Waals surface area contributed by atoms with Crippen LogP contribution in [0.4, 0.5) is 0 Å². The Morgan fingerprint density at radius 1 is 1.19 bits per heavy atom. The van der Waals surface area contributed by atoms with Crippen LogP contribution < -0.4 is 5.32 Å². The second kappa shape index (κ2) is 7.48. The highest BCUT2D eigenvalue weighted by molar-refractivity contribution is 5.17. The Hall–Kier alpha value is -1.52. The molecule has 21 heavy (non-hydrogen) atoms. The monoisotopic (exact) mass is 290 g/mol. The van der Waals surface area contributed by atoms with E-state index in [9.17, 15) is 0 Å². The van der Waals surface area contributed by atoms with Crippen LogP contribution in [-0.4, -0.2) is 18.5 Å². The van der Waals surface area contributed by atoms with Crippen LogP contribution in [0.15, 0.2) is 33.3 Å². The second-order valence-corrected chi connectivity index (χ2v) is 6.08. The molecule has 116 valence electrons. The normalized spacial score (nSPS) is 11.7. The minimum absolute atomic E-state index is 0.658. The molecule has 0 aliphatic rings. The van der Waals surface area contributed by atoms with E-state index in [2.05, 4.69) is 31.1 Å². The van der Waals surface area contributed by atoms with Crippen LogP contribution in [0.1, 0.15) is 36.7 Å². The van der Waals surface area contributed by atoms with Crippen molar-refractivity contribution in [2.24, 2.45) is 5.92 Å². The fourth-order valence-corrected chi connectivity index (χ4v) is 2.30. The Morgan fingerprint density at radius 2 is 2.00 bits per heavy atom. The molecule has 2 aromatic heterocycles. The zero-order valence-corrected chi connectivity index (χ0v) is 13.5. The van der Waals surface area contributed by atoms with Crippen LogP contribution in [0, 0.1) is 12.8 Å². The van der Waals surface area contributed by atoms with Gasteiger partial charge in [0.2, 0.25) is 0 Å². The number of aryl methyl sites for hydroxylation is 1. The van der Waals surface area contributed by atoms with Gasteiger partial charge in [-0.3, -0.25) is 4.90 Å². The Morgan fingerprint density at radius 3 is 2.67 bits per heavy atom. The second-order valence-electron chi connectivity index (χ2n) is 6.08. The van der Waals surface area contributed by atoms with Gasteiger partial charge in [-0.15, -0.1) is 0 Å². The first-order valence-corrected chi connectivity index (χ1v) is 7.54. The van der Waals surface area contributed by atoms with Gasteiger partial charge in [-0.2, -0.15) is 0 Å². The lowest BCUT2D eigenvalue weighted by Crippen LogP contribution is -2.21. The van der Waals surface area contributed by atoms with Gasteiger partial charge in [-0.05, 0) is 44.6 Å². The maximum absolute atomic E-state index is 5.62. The summed E-state index contributed by atoms with van der Waals surface area (Å²) >= 11 is 0. The summed E-state index contributed by atoms with van der Waals surface area (Å²) in [6.45, 7) is 9.84. The van der Waals surface area contributed by atoms with Crippen molar-refractivity contribution < 1.29 is 8.83 Å². The number of nitrogens with zero attached hydrogens (tertiary/aromatic N) is 1. The third-order valence-corrected chi connectivity index (χ3v) is 3.34. The van der Waals surface area contributed by atoms with Gasteiger partial charge in [0.15, 0.2) is 0 Å². The van der Waals surface area contributed by atoms with Crippen LogP contribution >= 0.6 is 0 Å². The number of hydrogen-bond donors (Lipinski definition) is 1. The van der Waals surface area contributed by atoms with E-state index in [1.165, 1.54) is 5.56 Å². The molecule has 0 unspecified atom stereocenters. The van der Waals surface area contributed by atoms with Gasteiger partial charge < -0.3 is 14.2 Å². The summed E-state index contributed by atoms with van der Waals surface area (Å²) in [7, 11) is 2.08. The molecule has 0 spiro atoms. The fourth-order valence-electron chi connectivity index (χ4n) is 2.30. The predicted molar refractivity (Wildman–Crippen MR) is 83.9 cm³/mol. The van der Waals surface area contributed by atoms with Gasteiger partial charge in [0.1, 0.15) is 17.3 Å². The molecule has 2 aromatic rings. The molecular formula is C17H26N2O2. The first kappa shape index (κ1) is 15.9. The first-order chi connectivity index (χ1) is 10.0. The summed E-state index contributed by atoms with van der Waals surface area (Å²) in [6.07, 6.45) is 1.77. The minimum Gasteiger partial charge on any atom is -0.468 e. The van der Waals surface area contributed by atoms with Gasteiger partial charge in [-0.25, -0.2) is 0 Å². The van der Waals surface area contributed by atoms with Gasteiger partial charge >= 0.3 is 0 Å². The lowest BCUT2D eigenvalue weighted by Gasteiger charge is -2.15. The van der Waals surface area contributed by atoms with E-state index in [0.717, 1.165) is 43.5 Å². The van der Waals surface area contributed by atoms with Gasteiger partial charge in [0, 0.05) is 12.1 Å². The Balaban J connectivity index is 1.86. The summed E-state index contributed by atoms with van der Waals surface area (Å²) in [5, 5.41) is 3.46. The SMILES string of the molecule is Cc1ccc(CN(C)Cc2occc2CNCC(C)C)o1. The van der Waals surface area contributed by atoms with Crippen molar-refractivity contribution in [3.05, 3.63) is 47.3 Å². The van der Waals surface area contributed by atoms with Crippen molar-refractivity contribution in [3.63, 3.8) is 0 Å². The first-order valence-electron chi connectivity index (χ1n) is 7.54. The van der Waals surface area contributed by atoms with Gasteiger partial charge in [-0.1, -0.05) is 13.8 Å². The smallest absolute Gasteiger partial charge is 0.122 e. The van der Waals surface area contributed by atoms with E-state index >= 15 is 0 Å². The highest BCUT2D eigenvalue weighted by Crippen LogP contribution is 2.15. The van der Waals surface area contributed by atoms with Gasteiger partial charge in [0.05, 0.1) is 19.4 Å². The Bertz CT molecular complexity index is 542. The zero-order chi connectivity index (χ0) is 15.2. The lowest BCUT2D eigenvalue weighted by molar-refractivity contribution is 0.261. The molecular weight excluding hydrogens is 264 g/mol. The minimum atomic E-state index is 0.658. The molecule has 0 aliphatic heterocycles. The van der Waals surface area contributed by atoms with E-state index in [1.807, 2.05) is 25.1 Å². The molecule has 1 N–H and O–H groups in total. The molecule has 0 fully saturated rings. The third-order valence-electron chi connectivity index (χ3n) is 3.34. The van der Waals surface area contributed by atoms with Crippen LogP contribution in [0.3, 0.4) is 0 Å². The summed E-state index contributed by atoms with van der Waals surface area (Å²) < 4.78 is 11.2. The van der Waals surface area contributed by atoms with Crippen LogP contribution in [-0.2, 0) is 19.6 Å². The molecule has 2 rings (SSSR count). The van der Waals surface area contributed by atoms with Crippen molar-refractivity contribution in [3.8, 4) is 0 Å². The molecule has 0 aromatic carbocycles. The number of hydrogen-bond acceptors (Lipinski definition) is 4. The number of furan rings is 2. The molecule has 0 saturated heterocycles. The third kappa shape index (κ3) is 5.06. The average Bonchev–Trinajstić information content (AvgIpc) is 2.99. The quantitative estimate of drug-likeness (QED) is 0.807. The van der Waals surface area contributed by atoms with Crippen molar-refractivity contribution in [1.82, 2.24) is 10.2 Å². The molecule has 0 bridgehead atoms. The number of nitrogens with one attached hydrogen (secondary N) is 1. The molecule has 0 radical (unpaired) electrons. The van der Waals surface area contributed by atoms with Gasteiger partial charge in [0.25, 0.3) is 0 Å².